The molecule has 1 saturated carbocycles. The van der Waals surface area contributed by atoms with Crippen molar-refractivity contribution >= 4 is 17.4 Å². The van der Waals surface area contributed by atoms with E-state index in [0.717, 1.165) is 25.7 Å². The van der Waals surface area contributed by atoms with Gasteiger partial charge in [-0.1, -0.05) is 24.4 Å². The molecule has 0 radical (unpaired) electrons. The molecule has 2 N–H and O–H groups in total. The van der Waals surface area contributed by atoms with Crippen molar-refractivity contribution in [2.45, 2.75) is 51.4 Å². The van der Waals surface area contributed by atoms with Crippen LogP contribution in [0.15, 0.2) is 6.07 Å². The lowest BCUT2D eigenvalue weighted by atomic mass is 9.93. The van der Waals surface area contributed by atoms with Gasteiger partial charge in [0.05, 0.1) is 12.1 Å². The van der Waals surface area contributed by atoms with Gasteiger partial charge in [-0.2, -0.15) is 0 Å². The van der Waals surface area contributed by atoms with E-state index in [1.807, 2.05) is 6.92 Å². The molecule has 2 unspecified atom stereocenters. The summed E-state index contributed by atoms with van der Waals surface area (Å²) in [6, 6.07) is 1.72. The highest BCUT2D eigenvalue weighted by Gasteiger charge is 2.23. The molecule has 1 heterocycles. The van der Waals surface area contributed by atoms with E-state index in [1.54, 1.807) is 6.07 Å². The largest absolute Gasteiger partial charge is 0.391 e. The standard InChI is InChI=1S/C13H20ClN3O2/c1-2-19-8-13-16-11(14)7-12(17-13)15-9-5-3-4-6-10(9)18/h7,9-10,18H,2-6,8H2,1H3,(H,15,16,17). The fourth-order valence-corrected chi connectivity index (χ4v) is 2.47. The molecule has 0 aromatic carbocycles. The molecule has 1 aromatic rings. The van der Waals surface area contributed by atoms with Crippen molar-refractivity contribution in [3.63, 3.8) is 0 Å². The fraction of sp³-hybridized carbons (Fsp3) is 0.692. The van der Waals surface area contributed by atoms with E-state index in [2.05, 4.69) is 15.3 Å². The summed E-state index contributed by atoms with van der Waals surface area (Å²) in [6.45, 7) is 2.88. The molecule has 6 heteroatoms. The van der Waals surface area contributed by atoms with E-state index >= 15 is 0 Å². The number of hydrogen-bond donors (Lipinski definition) is 2. The number of hydrogen-bond acceptors (Lipinski definition) is 5. The Morgan fingerprint density at radius 3 is 2.95 bits per heavy atom. The van der Waals surface area contributed by atoms with Crippen molar-refractivity contribution in [3.8, 4) is 0 Å². The van der Waals surface area contributed by atoms with Gasteiger partial charge in [-0.25, -0.2) is 9.97 Å². The average molecular weight is 286 g/mol. The minimum absolute atomic E-state index is 0.0414. The number of nitrogens with one attached hydrogen (secondary N) is 1. The third-order valence-corrected chi connectivity index (χ3v) is 3.43. The Labute approximate surface area is 118 Å². The smallest absolute Gasteiger partial charge is 0.158 e. The minimum atomic E-state index is -0.321. The Balaban J connectivity index is 2.04. The molecule has 5 nitrogen and oxygen atoms in total. The van der Waals surface area contributed by atoms with Gasteiger partial charge in [-0.3, -0.25) is 0 Å². The van der Waals surface area contributed by atoms with E-state index in [0.29, 0.717) is 30.0 Å². The topological polar surface area (TPSA) is 67.3 Å². The molecule has 19 heavy (non-hydrogen) atoms. The monoisotopic (exact) mass is 285 g/mol. The maximum absolute atomic E-state index is 9.95. The maximum Gasteiger partial charge on any atom is 0.158 e. The van der Waals surface area contributed by atoms with Crippen LogP contribution in [-0.4, -0.2) is 33.8 Å². The van der Waals surface area contributed by atoms with Gasteiger partial charge in [-0.15, -0.1) is 0 Å². The molecule has 0 bridgehead atoms. The van der Waals surface area contributed by atoms with Crippen LogP contribution in [0.2, 0.25) is 5.15 Å². The Bertz CT molecular complexity index is 417. The van der Waals surface area contributed by atoms with E-state index in [1.165, 1.54) is 0 Å². The highest BCUT2D eigenvalue weighted by Crippen LogP contribution is 2.22. The molecule has 0 aliphatic heterocycles. The van der Waals surface area contributed by atoms with Crippen LogP contribution in [0.3, 0.4) is 0 Å². The summed E-state index contributed by atoms with van der Waals surface area (Å²) in [5.41, 5.74) is 0. The van der Waals surface area contributed by atoms with Crippen LogP contribution >= 0.6 is 11.6 Å². The van der Waals surface area contributed by atoms with Gasteiger partial charge < -0.3 is 15.2 Å². The first-order valence-corrected chi connectivity index (χ1v) is 7.12. The number of anilines is 1. The van der Waals surface area contributed by atoms with Crippen LogP contribution in [0.4, 0.5) is 5.82 Å². The molecule has 1 fully saturated rings. The lowest BCUT2D eigenvalue weighted by Gasteiger charge is -2.28. The normalized spacial score (nSPS) is 23.3. The number of nitrogens with zero attached hydrogens (tertiary/aromatic N) is 2. The Morgan fingerprint density at radius 1 is 1.42 bits per heavy atom. The summed E-state index contributed by atoms with van der Waals surface area (Å²) in [6.07, 6.45) is 3.67. The van der Waals surface area contributed by atoms with E-state index in [9.17, 15) is 5.11 Å². The quantitative estimate of drug-likeness (QED) is 0.813. The van der Waals surface area contributed by atoms with Crippen molar-refractivity contribution in [2.24, 2.45) is 0 Å². The molecule has 0 amide bonds. The number of halogens is 1. The van der Waals surface area contributed by atoms with Gasteiger partial charge in [-0.05, 0) is 19.8 Å². The average Bonchev–Trinajstić information content (AvgIpc) is 2.38. The highest BCUT2D eigenvalue weighted by molar-refractivity contribution is 6.29. The van der Waals surface area contributed by atoms with E-state index < -0.39 is 0 Å². The zero-order chi connectivity index (χ0) is 13.7. The van der Waals surface area contributed by atoms with Crippen LogP contribution in [0.1, 0.15) is 38.4 Å². The predicted octanol–water partition coefficient (Wildman–Crippen LogP) is 2.38. The number of aromatic nitrogens is 2. The molecular formula is C13H20ClN3O2. The SMILES string of the molecule is CCOCc1nc(Cl)cc(NC2CCCCC2O)n1. The lowest BCUT2D eigenvalue weighted by molar-refractivity contribution is 0.116. The molecule has 0 spiro atoms. The predicted molar refractivity (Wildman–Crippen MR) is 74.3 cm³/mol. The van der Waals surface area contributed by atoms with Crippen molar-refractivity contribution in [3.05, 3.63) is 17.0 Å². The summed E-state index contributed by atoms with van der Waals surface area (Å²) in [7, 11) is 0. The van der Waals surface area contributed by atoms with Gasteiger partial charge in [0.1, 0.15) is 17.6 Å². The second kappa shape index (κ2) is 7.03. The summed E-state index contributed by atoms with van der Waals surface area (Å²) in [5.74, 6) is 1.21. The second-order valence-corrected chi connectivity index (χ2v) is 5.12. The summed E-state index contributed by atoms with van der Waals surface area (Å²) in [5, 5.41) is 13.6. The van der Waals surface area contributed by atoms with Gasteiger partial charge in [0.2, 0.25) is 0 Å². The Morgan fingerprint density at radius 2 is 2.21 bits per heavy atom. The second-order valence-electron chi connectivity index (χ2n) is 4.73. The first kappa shape index (κ1) is 14.5. The molecular weight excluding hydrogens is 266 g/mol. The lowest BCUT2D eigenvalue weighted by Crippen LogP contribution is -2.36. The third-order valence-electron chi connectivity index (χ3n) is 3.24. The molecule has 1 aliphatic rings. The van der Waals surface area contributed by atoms with Crippen molar-refractivity contribution in [2.75, 3.05) is 11.9 Å². The van der Waals surface area contributed by atoms with Crippen LogP contribution < -0.4 is 5.32 Å². The first-order valence-electron chi connectivity index (χ1n) is 6.75. The molecule has 106 valence electrons. The molecule has 2 atom stereocenters. The number of aliphatic hydroxyl groups excluding tert-OH is 1. The number of aliphatic hydroxyl groups is 1. The van der Waals surface area contributed by atoms with Gasteiger partial charge in [0, 0.05) is 12.7 Å². The van der Waals surface area contributed by atoms with Crippen molar-refractivity contribution in [1.29, 1.82) is 0 Å². The van der Waals surface area contributed by atoms with Crippen LogP contribution in [0.25, 0.3) is 0 Å². The molecule has 0 saturated heterocycles. The number of ether oxygens (including phenoxy) is 1. The fourth-order valence-electron chi connectivity index (χ4n) is 2.27. The summed E-state index contributed by atoms with van der Waals surface area (Å²) < 4.78 is 5.28. The van der Waals surface area contributed by atoms with Gasteiger partial charge in [0.15, 0.2) is 5.82 Å². The zero-order valence-corrected chi connectivity index (χ0v) is 11.9. The molecule has 2 rings (SSSR count). The zero-order valence-electron chi connectivity index (χ0n) is 11.1. The van der Waals surface area contributed by atoms with Gasteiger partial charge >= 0.3 is 0 Å². The third kappa shape index (κ3) is 4.30. The molecule has 1 aromatic heterocycles. The molecule has 1 aliphatic carbocycles. The Hall–Kier alpha value is -0.910. The van der Waals surface area contributed by atoms with Crippen LogP contribution in [-0.2, 0) is 11.3 Å². The minimum Gasteiger partial charge on any atom is -0.391 e. The Kier molecular flexibility index (Phi) is 5.36. The maximum atomic E-state index is 9.95. The summed E-state index contributed by atoms with van der Waals surface area (Å²) >= 11 is 5.97. The van der Waals surface area contributed by atoms with Crippen LogP contribution in [0, 0.1) is 0 Å². The first-order chi connectivity index (χ1) is 9.19. The van der Waals surface area contributed by atoms with Crippen LogP contribution in [0.5, 0.6) is 0 Å². The highest BCUT2D eigenvalue weighted by atomic mass is 35.5. The summed E-state index contributed by atoms with van der Waals surface area (Å²) in [4.78, 5) is 8.47. The number of rotatable bonds is 5. The van der Waals surface area contributed by atoms with Crippen molar-refractivity contribution in [1.82, 2.24) is 9.97 Å². The van der Waals surface area contributed by atoms with E-state index in [-0.39, 0.29) is 12.1 Å². The van der Waals surface area contributed by atoms with Crippen molar-refractivity contribution < 1.29 is 9.84 Å². The van der Waals surface area contributed by atoms with Gasteiger partial charge in [0.25, 0.3) is 0 Å². The van der Waals surface area contributed by atoms with E-state index in [4.69, 9.17) is 16.3 Å².